The number of benzene rings is 1. The van der Waals surface area contributed by atoms with Gasteiger partial charge in [-0.25, -0.2) is 4.98 Å². The fraction of sp³-hybridized carbons (Fsp3) is 0.188. The van der Waals surface area contributed by atoms with Gasteiger partial charge in [0.25, 0.3) is 5.56 Å². The first-order chi connectivity index (χ1) is 12.1. The van der Waals surface area contributed by atoms with Gasteiger partial charge in [-0.2, -0.15) is 4.68 Å². The Bertz CT molecular complexity index is 1100. The molecule has 0 atom stereocenters. The maximum absolute atomic E-state index is 12.2. The molecule has 0 aliphatic rings. The second-order valence-corrected chi connectivity index (χ2v) is 7.36. The predicted molar refractivity (Wildman–Crippen MR) is 97.5 cm³/mol. The Labute approximate surface area is 151 Å². The minimum Gasteiger partial charge on any atom is -0.269 e. The topological polar surface area (TPSA) is 78.0 Å². The molecular formula is C16H14N6OS2. The summed E-state index contributed by atoms with van der Waals surface area (Å²) >= 11 is 2.91. The molecule has 0 radical (unpaired) electrons. The number of tetrazole rings is 1. The van der Waals surface area contributed by atoms with Crippen LogP contribution < -0.4 is 5.56 Å². The molecule has 0 bridgehead atoms. The van der Waals surface area contributed by atoms with E-state index in [1.807, 2.05) is 43.5 Å². The molecule has 0 spiro atoms. The molecule has 0 aliphatic heterocycles. The fourth-order valence-corrected chi connectivity index (χ4v) is 4.10. The van der Waals surface area contributed by atoms with Crippen molar-refractivity contribution in [3.8, 4) is 5.69 Å². The fourth-order valence-electron chi connectivity index (χ4n) is 2.43. The van der Waals surface area contributed by atoms with E-state index < -0.39 is 0 Å². The molecule has 1 aromatic carbocycles. The summed E-state index contributed by atoms with van der Waals surface area (Å²) in [6, 6.07) is 9.55. The van der Waals surface area contributed by atoms with Gasteiger partial charge in [0.2, 0.25) is 5.16 Å². The normalized spacial score (nSPS) is 11.3. The zero-order valence-corrected chi connectivity index (χ0v) is 15.2. The van der Waals surface area contributed by atoms with Gasteiger partial charge < -0.3 is 0 Å². The Morgan fingerprint density at radius 1 is 1.20 bits per heavy atom. The van der Waals surface area contributed by atoms with Crippen LogP contribution in [-0.2, 0) is 5.75 Å². The first-order valence-corrected chi connectivity index (χ1v) is 9.43. The monoisotopic (exact) mass is 370 g/mol. The molecule has 126 valence electrons. The first-order valence-electron chi connectivity index (χ1n) is 7.57. The maximum atomic E-state index is 12.2. The van der Waals surface area contributed by atoms with Crippen molar-refractivity contribution in [2.45, 2.75) is 24.8 Å². The van der Waals surface area contributed by atoms with Crippen molar-refractivity contribution in [1.29, 1.82) is 0 Å². The molecule has 0 saturated carbocycles. The zero-order valence-electron chi connectivity index (χ0n) is 13.6. The Hall–Kier alpha value is -2.52. The number of fused-ring (bicyclic) bond motifs is 1. The minimum absolute atomic E-state index is 0.0579. The number of hydrogen-bond donors (Lipinski definition) is 0. The smallest absolute Gasteiger partial charge is 0.258 e. The minimum atomic E-state index is -0.0579. The van der Waals surface area contributed by atoms with Gasteiger partial charge >= 0.3 is 0 Å². The number of nitrogens with zero attached hydrogens (tertiary/aromatic N) is 6. The van der Waals surface area contributed by atoms with Crippen LogP contribution in [0.25, 0.3) is 10.6 Å². The van der Waals surface area contributed by atoms with E-state index in [0.717, 1.165) is 17.1 Å². The lowest BCUT2D eigenvalue weighted by atomic mass is 10.2. The highest BCUT2D eigenvalue weighted by molar-refractivity contribution is 7.98. The summed E-state index contributed by atoms with van der Waals surface area (Å²) in [5, 5.41) is 14.5. The van der Waals surface area contributed by atoms with Crippen LogP contribution >= 0.6 is 23.1 Å². The molecule has 9 heteroatoms. The van der Waals surface area contributed by atoms with Crippen molar-refractivity contribution in [2.75, 3.05) is 0 Å². The summed E-state index contributed by atoms with van der Waals surface area (Å²) in [4.78, 5) is 17.5. The lowest BCUT2D eigenvalue weighted by Gasteiger charge is -2.05. The van der Waals surface area contributed by atoms with Crippen LogP contribution in [0, 0.1) is 13.8 Å². The second kappa shape index (κ2) is 6.41. The molecule has 3 heterocycles. The number of hydrogen-bond acceptors (Lipinski definition) is 7. The maximum Gasteiger partial charge on any atom is 0.258 e. The van der Waals surface area contributed by atoms with E-state index in [0.29, 0.717) is 15.9 Å². The quantitative estimate of drug-likeness (QED) is 0.514. The van der Waals surface area contributed by atoms with Crippen molar-refractivity contribution in [2.24, 2.45) is 0 Å². The van der Waals surface area contributed by atoms with Crippen LogP contribution in [0.4, 0.5) is 0 Å². The summed E-state index contributed by atoms with van der Waals surface area (Å²) in [5.74, 6) is 0.523. The molecule has 25 heavy (non-hydrogen) atoms. The highest BCUT2D eigenvalue weighted by Gasteiger charge is 2.11. The summed E-state index contributed by atoms with van der Waals surface area (Å²) in [6.07, 6.45) is 0. The number of aryl methyl sites for hydroxylation is 2. The van der Waals surface area contributed by atoms with E-state index in [1.165, 1.54) is 28.7 Å². The predicted octanol–water partition coefficient (Wildman–Crippen LogP) is 2.64. The SMILES string of the molecule is Cc1ccc(-n2nnnc2SCc2cc(=O)n3c(C)csc3n2)cc1. The Kier molecular flexibility index (Phi) is 4.10. The van der Waals surface area contributed by atoms with Crippen molar-refractivity contribution in [3.63, 3.8) is 0 Å². The second-order valence-electron chi connectivity index (χ2n) is 5.58. The molecule has 7 nitrogen and oxygen atoms in total. The molecule has 0 unspecified atom stereocenters. The van der Waals surface area contributed by atoms with Crippen molar-refractivity contribution in [3.05, 3.63) is 63.0 Å². The van der Waals surface area contributed by atoms with Gasteiger partial charge in [-0.1, -0.05) is 29.5 Å². The van der Waals surface area contributed by atoms with Crippen LogP contribution in [0.15, 0.2) is 45.7 Å². The molecule has 3 aromatic heterocycles. The lowest BCUT2D eigenvalue weighted by Crippen LogP contribution is -2.14. The number of rotatable bonds is 4. The van der Waals surface area contributed by atoms with E-state index in [1.54, 1.807) is 15.1 Å². The summed E-state index contributed by atoms with van der Waals surface area (Å²) in [5.41, 5.74) is 3.64. The van der Waals surface area contributed by atoms with Gasteiger partial charge in [0.15, 0.2) is 4.96 Å². The van der Waals surface area contributed by atoms with E-state index >= 15 is 0 Å². The Morgan fingerprint density at radius 2 is 2.00 bits per heavy atom. The molecule has 0 fully saturated rings. The standard InChI is InChI=1S/C16H14N6OS2/c1-10-3-5-13(6-4-10)22-16(18-19-20-22)25-9-12-7-14(23)21-11(2)8-24-15(21)17-12/h3-8H,9H2,1-2H3. The lowest BCUT2D eigenvalue weighted by molar-refractivity contribution is 0.756. The molecule has 0 amide bonds. The van der Waals surface area contributed by atoms with Crippen molar-refractivity contribution < 1.29 is 0 Å². The van der Waals surface area contributed by atoms with Crippen LogP contribution in [0.5, 0.6) is 0 Å². The van der Waals surface area contributed by atoms with Crippen LogP contribution in [-0.4, -0.2) is 29.6 Å². The summed E-state index contributed by atoms with van der Waals surface area (Å²) in [6.45, 7) is 3.93. The number of thioether (sulfide) groups is 1. The van der Waals surface area contributed by atoms with Gasteiger partial charge in [0.1, 0.15) is 0 Å². The first kappa shape index (κ1) is 16.0. The van der Waals surface area contributed by atoms with E-state index in [2.05, 4.69) is 20.5 Å². The molecule has 0 aliphatic carbocycles. The summed E-state index contributed by atoms with van der Waals surface area (Å²) < 4.78 is 3.31. The van der Waals surface area contributed by atoms with E-state index in [-0.39, 0.29) is 5.56 Å². The van der Waals surface area contributed by atoms with Crippen LogP contribution in [0.3, 0.4) is 0 Å². The Morgan fingerprint density at radius 3 is 2.80 bits per heavy atom. The third kappa shape index (κ3) is 3.08. The molecule has 0 saturated heterocycles. The number of thiazole rings is 1. The van der Waals surface area contributed by atoms with Gasteiger partial charge in [0.05, 0.1) is 11.4 Å². The molecular weight excluding hydrogens is 356 g/mol. The van der Waals surface area contributed by atoms with E-state index in [9.17, 15) is 4.79 Å². The molecule has 0 N–H and O–H groups in total. The van der Waals surface area contributed by atoms with E-state index in [4.69, 9.17) is 0 Å². The Balaban J connectivity index is 1.59. The van der Waals surface area contributed by atoms with Crippen LogP contribution in [0.1, 0.15) is 17.0 Å². The third-order valence-electron chi connectivity index (χ3n) is 3.70. The van der Waals surface area contributed by atoms with Gasteiger partial charge in [-0.05, 0) is 36.4 Å². The third-order valence-corrected chi connectivity index (χ3v) is 5.59. The van der Waals surface area contributed by atoms with Gasteiger partial charge in [0, 0.05) is 22.9 Å². The largest absolute Gasteiger partial charge is 0.269 e. The zero-order chi connectivity index (χ0) is 17.4. The number of aromatic nitrogens is 6. The van der Waals surface area contributed by atoms with Gasteiger partial charge in [-0.15, -0.1) is 16.4 Å². The van der Waals surface area contributed by atoms with Gasteiger partial charge in [-0.3, -0.25) is 9.20 Å². The molecule has 4 rings (SSSR count). The average molecular weight is 370 g/mol. The average Bonchev–Trinajstić information content (AvgIpc) is 3.21. The molecule has 4 aromatic rings. The van der Waals surface area contributed by atoms with Crippen molar-refractivity contribution in [1.82, 2.24) is 29.6 Å². The van der Waals surface area contributed by atoms with Crippen molar-refractivity contribution >= 4 is 28.1 Å². The highest BCUT2D eigenvalue weighted by Crippen LogP contribution is 2.22. The summed E-state index contributed by atoms with van der Waals surface area (Å²) in [7, 11) is 0. The highest BCUT2D eigenvalue weighted by atomic mass is 32.2. The van der Waals surface area contributed by atoms with Crippen LogP contribution in [0.2, 0.25) is 0 Å².